The molecule has 0 radical (unpaired) electrons. The quantitative estimate of drug-likeness (QED) is 0.890. The zero-order valence-electron chi connectivity index (χ0n) is 11.5. The van der Waals surface area contributed by atoms with Crippen LogP contribution in [0, 0.1) is 6.92 Å². The summed E-state index contributed by atoms with van der Waals surface area (Å²) in [5, 5.41) is 5.11. The van der Waals surface area contributed by atoms with Crippen LogP contribution in [0.4, 0.5) is 0 Å². The topological polar surface area (TPSA) is 34.2 Å². The molecule has 3 rings (SSSR count). The molecule has 2 fully saturated rings. The van der Waals surface area contributed by atoms with E-state index < -0.39 is 0 Å². The largest absolute Gasteiger partial charge is 0.381 e. The molecule has 3 nitrogen and oxygen atoms in total. The van der Waals surface area contributed by atoms with E-state index in [1.165, 1.54) is 28.4 Å². The zero-order chi connectivity index (χ0) is 12.8. The van der Waals surface area contributed by atoms with E-state index in [0.717, 1.165) is 25.3 Å². The first-order valence-electron chi connectivity index (χ1n) is 6.94. The zero-order valence-corrected chi connectivity index (χ0v) is 12.3. The summed E-state index contributed by atoms with van der Waals surface area (Å²) in [5.74, 6) is 0. The smallest absolute Gasteiger partial charge is 0.113 e. The van der Waals surface area contributed by atoms with Gasteiger partial charge in [-0.25, -0.2) is 4.98 Å². The minimum Gasteiger partial charge on any atom is -0.381 e. The summed E-state index contributed by atoms with van der Waals surface area (Å²) < 4.78 is 5.47. The van der Waals surface area contributed by atoms with Gasteiger partial charge in [-0.1, -0.05) is 6.92 Å². The Morgan fingerprint density at radius 3 is 2.67 bits per heavy atom. The molecule has 1 aromatic rings. The molecule has 2 aliphatic rings. The fraction of sp³-hybridized carbons (Fsp3) is 0.786. The Labute approximate surface area is 113 Å². The van der Waals surface area contributed by atoms with Crippen LogP contribution in [-0.2, 0) is 16.7 Å². The van der Waals surface area contributed by atoms with Crippen LogP contribution < -0.4 is 5.32 Å². The third kappa shape index (κ3) is 2.10. The number of nitrogens with zero attached hydrogens (tertiary/aromatic N) is 1. The van der Waals surface area contributed by atoms with Gasteiger partial charge in [-0.15, -0.1) is 11.3 Å². The molecule has 0 atom stereocenters. The number of hydrogen-bond donors (Lipinski definition) is 1. The summed E-state index contributed by atoms with van der Waals surface area (Å²) in [6, 6.07) is 0.720. The van der Waals surface area contributed by atoms with E-state index in [0.29, 0.717) is 6.10 Å². The van der Waals surface area contributed by atoms with Gasteiger partial charge < -0.3 is 10.1 Å². The summed E-state index contributed by atoms with van der Waals surface area (Å²) >= 11 is 1.87. The number of thiazole rings is 1. The van der Waals surface area contributed by atoms with Crippen molar-refractivity contribution in [1.82, 2.24) is 10.3 Å². The van der Waals surface area contributed by atoms with Gasteiger partial charge in [-0.05, 0) is 39.0 Å². The highest BCUT2D eigenvalue weighted by Gasteiger charge is 2.50. The van der Waals surface area contributed by atoms with E-state index in [9.17, 15) is 0 Å². The molecule has 0 unspecified atom stereocenters. The van der Waals surface area contributed by atoms with Crippen molar-refractivity contribution in [2.45, 2.75) is 63.6 Å². The van der Waals surface area contributed by atoms with Gasteiger partial charge >= 0.3 is 0 Å². The lowest BCUT2D eigenvalue weighted by Gasteiger charge is -2.46. The van der Waals surface area contributed by atoms with Crippen molar-refractivity contribution >= 4 is 11.3 Å². The standard InChI is InChI=1S/C14H22N2OS/c1-4-12-9(2)18-13(15-12)14(16-10-5-6-10)7-11(8-14)17-3/h10-11,16H,4-8H2,1-3H3. The SMILES string of the molecule is CCc1nc(C2(NC3CC3)CC(OC)C2)sc1C. The predicted octanol–water partition coefficient (Wildman–Crippen LogP) is 2.77. The number of hydrogen-bond acceptors (Lipinski definition) is 4. The van der Waals surface area contributed by atoms with E-state index in [4.69, 9.17) is 9.72 Å². The maximum absolute atomic E-state index is 5.47. The second-order valence-corrected chi connectivity index (χ2v) is 6.85. The van der Waals surface area contributed by atoms with Crippen LogP contribution in [0.2, 0.25) is 0 Å². The first-order chi connectivity index (χ1) is 8.66. The van der Waals surface area contributed by atoms with E-state index in [-0.39, 0.29) is 5.54 Å². The average molecular weight is 266 g/mol. The summed E-state index contributed by atoms with van der Waals surface area (Å²) in [6.45, 7) is 4.38. The van der Waals surface area contributed by atoms with Gasteiger partial charge in [0, 0.05) is 18.0 Å². The Morgan fingerprint density at radius 1 is 1.44 bits per heavy atom. The molecule has 1 N–H and O–H groups in total. The minimum absolute atomic E-state index is 0.116. The lowest BCUT2D eigenvalue weighted by atomic mass is 9.74. The molecular weight excluding hydrogens is 244 g/mol. The number of rotatable bonds is 5. The van der Waals surface area contributed by atoms with Crippen LogP contribution in [0.1, 0.15) is 48.2 Å². The molecule has 2 aliphatic carbocycles. The number of nitrogens with one attached hydrogen (secondary N) is 1. The minimum atomic E-state index is 0.116. The van der Waals surface area contributed by atoms with Crippen LogP contribution in [0.25, 0.3) is 0 Å². The molecule has 0 bridgehead atoms. The Bertz CT molecular complexity index is 433. The van der Waals surface area contributed by atoms with Gasteiger partial charge in [0.2, 0.25) is 0 Å². The first-order valence-corrected chi connectivity index (χ1v) is 7.76. The lowest BCUT2D eigenvalue weighted by Crippen LogP contribution is -2.56. The monoisotopic (exact) mass is 266 g/mol. The maximum atomic E-state index is 5.47. The van der Waals surface area contributed by atoms with Gasteiger partial charge in [0.05, 0.1) is 17.3 Å². The van der Waals surface area contributed by atoms with E-state index in [1.54, 1.807) is 0 Å². The van der Waals surface area contributed by atoms with Crippen molar-refractivity contribution in [3.8, 4) is 0 Å². The van der Waals surface area contributed by atoms with E-state index >= 15 is 0 Å². The van der Waals surface area contributed by atoms with E-state index in [2.05, 4.69) is 19.2 Å². The molecule has 4 heteroatoms. The van der Waals surface area contributed by atoms with Crippen molar-refractivity contribution in [3.05, 3.63) is 15.6 Å². The van der Waals surface area contributed by atoms with Gasteiger partial charge in [-0.2, -0.15) is 0 Å². The molecular formula is C14H22N2OS. The molecule has 0 saturated heterocycles. The molecule has 1 heterocycles. The van der Waals surface area contributed by atoms with Crippen LogP contribution in [0.3, 0.4) is 0 Å². The Hall–Kier alpha value is -0.450. The first kappa shape index (κ1) is 12.6. The summed E-state index contributed by atoms with van der Waals surface area (Å²) in [5.41, 5.74) is 1.39. The third-order valence-electron chi connectivity index (χ3n) is 4.18. The summed E-state index contributed by atoms with van der Waals surface area (Å²) in [6.07, 6.45) is 6.25. The number of aryl methyl sites for hydroxylation is 2. The second kappa shape index (κ2) is 4.58. The van der Waals surface area contributed by atoms with Crippen molar-refractivity contribution in [2.75, 3.05) is 7.11 Å². The van der Waals surface area contributed by atoms with Gasteiger partial charge in [0.15, 0.2) is 0 Å². The Morgan fingerprint density at radius 2 is 2.17 bits per heavy atom. The van der Waals surface area contributed by atoms with Crippen LogP contribution >= 0.6 is 11.3 Å². The fourth-order valence-corrected chi connectivity index (χ4v) is 3.99. The summed E-state index contributed by atoms with van der Waals surface area (Å²) in [7, 11) is 1.82. The number of methoxy groups -OCH3 is 1. The fourth-order valence-electron chi connectivity index (χ4n) is 2.82. The molecule has 0 aromatic carbocycles. The van der Waals surface area contributed by atoms with E-state index in [1.807, 2.05) is 18.4 Å². The lowest BCUT2D eigenvalue weighted by molar-refractivity contribution is -0.0341. The predicted molar refractivity (Wildman–Crippen MR) is 74.1 cm³/mol. The number of ether oxygens (including phenoxy) is 1. The summed E-state index contributed by atoms with van der Waals surface area (Å²) in [4.78, 5) is 6.25. The third-order valence-corrected chi connectivity index (χ3v) is 5.40. The Kier molecular flexibility index (Phi) is 3.20. The Balaban J connectivity index is 1.83. The maximum Gasteiger partial charge on any atom is 0.113 e. The molecule has 2 saturated carbocycles. The molecule has 1 aromatic heterocycles. The molecule has 0 amide bonds. The van der Waals surface area contributed by atoms with Crippen molar-refractivity contribution in [1.29, 1.82) is 0 Å². The van der Waals surface area contributed by atoms with Crippen LogP contribution in [0.5, 0.6) is 0 Å². The van der Waals surface area contributed by atoms with Gasteiger partial charge in [0.1, 0.15) is 5.01 Å². The highest BCUT2D eigenvalue weighted by Crippen LogP contribution is 2.46. The van der Waals surface area contributed by atoms with Gasteiger partial charge in [0.25, 0.3) is 0 Å². The molecule has 18 heavy (non-hydrogen) atoms. The number of aromatic nitrogens is 1. The van der Waals surface area contributed by atoms with Crippen LogP contribution in [0.15, 0.2) is 0 Å². The van der Waals surface area contributed by atoms with Crippen molar-refractivity contribution < 1.29 is 4.74 Å². The normalized spacial score (nSPS) is 31.4. The average Bonchev–Trinajstić information content (AvgIpc) is 3.05. The molecule has 100 valence electrons. The highest BCUT2D eigenvalue weighted by molar-refractivity contribution is 7.11. The van der Waals surface area contributed by atoms with Gasteiger partial charge in [-0.3, -0.25) is 0 Å². The van der Waals surface area contributed by atoms with Crippen molar-refractivity contribution in [2.24, 2.45) is 0 Å². The molecule has 0 aliphatic heterocycles. The second-order valence-electron chi connectivity index (χ2n) is 5.64. The molecule has 0 spiro atoms. The van der Waals surface area contributed by atoms with Crippen LogP contribution in [-0.4, -0.2) is 24.2 Å². The highest BCUT2D eigenvalue weighted by atomic mass is 32.1. The van der Waals surface area contributed by atoms with Crippen molar-refractivity contribution in [3.63, 3.8) is 0 Å².